The van der Waals surface area contributed by atoms with Gasteiger partial charge in [-0.25, -0.2) is 8.42 Å². The van der Waals surface area contributed by atoms with Gasteiger partial charge in [-0.1, -0.05) is 12.1 Å². The zero-order valence-electron chi connectivity index (χ0n) is 11.3. The van der Waals surface area contributed by atoms with Crippen LogP contribution in [0.15, 0.2) is 52.3 Å². The van der Waals surface area contributed by atoms with Gasteiger partial charge >= 0.3 is 0 Å². The van der Waals surface area contributed by atoms with Crippen LogP contribution >= 0.6 is 11.8 Å². The van der Waals surface area contributed by atoms with E-state index in [-0.39, 0.29) is 10.6 Å². The van der Waals surface area contributed by atoms with E-state index in [4.69, 9.17) is 5.73 Å². The zero-order chi connectivity index (χ0) is 14.8. The minimum absolute atomic E-state index is 0.133. The Morgan fingerprint density at radius 3 is 2.30 bits per heavy atom. The number of sulfonamides is 1. The van der Waals surface area contributed by atoms with Crippen molar-refractivity contribution in [1.29, 1.82) is 0 Å². The van der Waals surface area contributed by atoms with E-state index >= 15 is 0 Å². The molecular formula is C14H16N2O2S2. The fourth-order valence-electron chi connectivity index (χ4n) is 1.91. The van der Waals surface area contributed by atoms with Gasteiger partial charge in [0.2, 0.25) is 0 Å². The summed E-state index contributed by atoms with van der Waals surface area (Å²) in [4.78, 5) is 1.21. The summed E-state index contributed by atoms with van der Waals surface area (Å²) in [6, 6.07) is 12.2. The van der Waals surface area contributed by atoms with Crippen LogP contribution in [0.2, 0.25) is 0 Å². The van der Waals surface area contributed by atoms with Gasteiger partial charge in [-0.3, -0.25) is 4.72 Å². The van der Waals surface area contributed by atoms with E-state index in [1.165, 1.54) is 0 Å². The molecule has 2 rings (SSSR count). The van der Waals surface area contributed by atoms with Gasteiger partial charge in [-0.2, -0.15) is 0 Å². The molecule has 0 radical (unpaired) electrons. The largest absolute Gasteiger partial charge is 0.398 e. The number of nitrogens with one attached hydrogen (secondary N) is 1. The molecule has 0 saturated carbocycles. The van der Waals surface area contributed by atoms with E-state index < -0.39 is 10.0 Å². The van der Waals surface area contributed by atoms with Crippen molar-refractivity contribution in [3.63, 3.8) is 0 Å². The van der Waals surface area contributed by atoms with E-state index in [2.05, 4.69) is 4.72 Å². The number of thioether (sulfide) groups is 1. The van der Waals surface area contributed by atoms with Gasteiger partial charge in [-0.05, 0) is 49.1 Å². The van der Waals surface area contributed by atoms with Crippen LogP contribution in [0.1, 0.15) is 5.56 Å². The van der Waals surface area contributed by atoms with Gasteiger partial charge in [0.05, 0.1) is 5.69 Å². The second kappa shape index (κ2) is 5.76. The summed E-state index contributed by atoms with van der Waals surface area (Å²) < 4.78 is 27.4. The van der Waals surface area contributed by atoms with Crippen LogP contribution in [0.4, 0.5) is 11.4 Å². The molecule has 0 spiro atoms. The van der Waals surface area contributed by atoms with E-state index in [0.29, 0.717) is 11.3 Å². The number of nitrogens with two attached hydrogens (primary N) is 1. The molecule has 106 valence electrons. The molecule has 0 bridgehead atoms. The van der Waals surface area contributed by atoms with Crippen molar-refractivity contribution in [2.45, 2.75) is 16.7 Å². The molecule has 0 aliphatic carbocycles. The van der Waals surface area contributed by atoms with Crippen molar-refractivity contribution in [2.24, 2.45) is 0 Å². The maximum Gasteiger partial charge on any atom is 0.264 e. The third kappa shape index (κ3) is 3.08. The maximum atomic E-state index is 12.4. The summed E-state index contributed by atoms with van der Waals surface area (Å²) in [5.74, 6) is 0. The van der Waals surface area contributed by atoms with Gasteiger partial charge in [0.1, 0.15) is 4.90 Å². The SMILES string of the molecule is CSc1ccc(NS(=O)(=O)c2c(C)cccc2N)cc1. The van der Waals surface area contributed by atoms with E-state index in [1.54, 1.807) is 49.0 Å². The highest BCUT2D eigenvalue weighted by Crippen LogP contribution is 2.25. The second-order valence-corrected chi connectivity index (χ2v) is 6.83. The standard InChI is InChI=1S/C14H16N2O2S2/c1-10-4-3-5-13(15)14(10)20(17,18)16-11-6-8-12(19-2)9-7-11/h3-9,16H,15H2,1-2H3. The highest BCUT2D eigenvalue weighted by molar-refractivity contribution is 7.98. The van der Waals surface area contributed by atoms with Crippen LogP contribution in [0.5, 0.6) is 0 Å². The zero-order valence-corrected chi connectivity index (χ0v) is 12.9. The van der Waals surface area contributed by atoms with Gasteiger partial charge in [0.15, 0.2) is 0 Å². The summed E-state index contributed by atoms with van der Waals surface area (Å²) >= 11 is 1.60. The molecule has 0 unspecified atom stereocenters. The third-order valence-electron chi connectivity index (χ3n) is 2.85. The molecule has 3 N–H and O–H groups in total. The molecule has 0 amide bonds. The predicted molar refractivity (Wildman–Crippen MR) is 84.6 cm³/mol. The van der Waals surface area contributed by atoms with Crippen molar-refractivity contribution in [3.8, 4) is 0 Å². The van der Waals surface area contributed by atoms with Crippen LogP contribution < -0.4 is 10.5 Å². The van der Waals surface area contributed by atoms with Crippen molar-refractivity contribution in [1.82, 2.24) is 0 Å². The van der Waals surface area contributed by atoms with Gasteiger partial charge in [0.25, 0.3) is 10.0 Å². The van der Waals surface area contributed by atoms with E-state index in [0.717, 1.165) is 4.90 Å². The highest BCUT2D eigenvalue weighted by Gasteiger charge is 2.19. The number of benzene rings is 2. The molecule has 0 aromatic heterocycles. The molecule has 0 aliphatic rings. The molecule has 2 aromatic carbocycles. The van der Waals surface area contributed by atoms with E-state index in [1.807, 2.05) is 18.4 Å². The van der Waals surface area contributed by atoms with Crippen molar-refractivity contribution in [3.05, 3.63) is 48.0 Å². The van der Waals surface area contributed by atoms with Crippen LogP contribution in [0.3, 0.4) is 0 Å². The molecular weight excluding hydrogens is 292 g/mol. The molecule has 0 fully saturated rings. The number of nitrogen functional groups attached to an aromatic ring is 1. The smallest absolute Gasteiger partial charge is 0.264 e. The summed E-state index contributed by atoms with van der Waals surface area (Å²) in [7, 11) is -3.68. The average Bonchev–Trinajstić information content (AvgIpc) is 2.38. The second-order valence-electron chi connectivity index (χ2n) is 4.33. The number of rotatable bonds is 4. The Hall–Kier alpha value is -1.66. The Labute approximate surface area is 123 Å². The molecule has 0 atom stereocenters. The highest BCUT2D eigenvalue weighted by atomic mass is 32.2. The summed E-state index contributed by atoms with van der Waals surface area (Å²) in [6.45, 7) is 1.72. The monoisotopic (exact) mass is 308 g/mol. The first-order chi connectivity index (χ1) is 9.44. The fraction of sp³-hybridized carbons (Fsp3) is 0.143. The van der Waals surface area contributed by atoms with Crippen molar-refractivity contribution < 1.29 is 8.42 Å². The Morgan fingerprint density at radius 1 is 1.10 bits per heavy atom. The number of hydrogen-bond acceptors (Lipinski definition) is 4. The lowest BCUT2D eigenvalue weighted by Gasteiger charge is -2.12. The first-order valence-corrected chi connectivity index (χ1v) is 8.67. The Balaban J connectivity index is 2.35. The lowest BCUT2D eigenvalue weighted by atomic mass is 10.2. The molecule has 0 aliphatic heterocycles. The fourth-order valence-corrected chi connectivity index (χ4v) is 3.73. The van der Waals surface area contributed by atoms with Crippen LogP contribution in [0.25, 0.3) is 0 Å². The molecule has 0 heterocycles. The predicted octanol–water partition coefficient (Wildman–Crippen LogP) is 3.10. The molecule has 0 saturated heterocycles. The van der Waals surface area contributed by atoms with Gasteiger partial charge in [-0.15, -0.1) is 11.8 Å². The van der Waals surface area contributed by atoms with E-state index in [9.17, 15) is 8.42 Å². The molecule has 6 heteroatoms. The van der Waals surface area contributed by atoms with Crippen molar-refractivity contribution >= 4 is 33.2 Å². The van der Waals surface area contributed by atoms with Crippen LogP contribution in [0, 0.1) is 6.92 Å². The quantitative estimate of drug-likeness (QED) is 0.672. The molecule has 4 nitrogen and oxygen atoms in total. The summed E-state index contributed by atoms with van der Waals surface area (Å²) in [5, 5.41) is 0. The number of anilines is 2. The van der Waals surface area contributed by atoms with Crippen molar-refractivity contribution in [2.75, 3.05) is 16.7 Å². The first-order valence-electron chi connectivity index (χ1n) is 5.96. The summed E-state index contributed by atoms with van der Waals surface area (Å²) in [5.41, 5.74) is 7.17. The Morgan fingerprint density at radius 2 is 1.75 bits per heavy atom. The lowest BCUT2D eigenvalue weighted by Crippen LogP contribution is -2.16. The minimum Gasteiger partial charge on any atom is -0.398 e. The normalized spacial score (nSPS) is 11.3. The Kier molecular flexibility index (Phi) is 4.25. The minimum atomic E-state index is -3.68. The molecule has 2 aromatic rings. The van der Waals surface area contributed by atoms with Crippen LogP contribution in [-0.2, 0) is 10.0 Å². The maximum absolute atomic E-state index is 12.4. The number of hydrogen-bond donors (Lipinski definition) is 2. The lowest BCUT2D eigenvalue weighted by molar-refractivity contribution is 0.601. The number of aryl methyl sites for hydroxylation is 1. The van der Waals surface area contributed by atoms with Gasteiger partial charge in [0, 0.05) is 10.6 Å². The van der Waals surface area contributed by atoms with Crippen LogP contribution in [-0.4, -0.2) is 14.7 Å². The summed E-state index contributed by atoms with van der Waals surface area (Å²) in [6.07, 6.45) is 1.97. The average molecular weight is 308 g/mol. The third-order valence-corrected chi connectivity index (χ3v) is 5.20. The topological polar surface area (TPSA) is 72.2 Å². The Bertz CT molecular complexity index is 690. The van der Waals surface area contributed by atoms with Gasteiger partial charge < -0.3 is 5.73 Å². The molecule has 20 heavy (non-hydrogen) atoms. The first kappa shape index (κ1) is 14.7.